The van der Waals surface area contributed by atoms with Gasteiger partial charge in [-0.15, -0.1) is 0 Å². The van der Waals surface area contributed by atoms with Crippen LogP contribution in [-0.4, -0.2) is 25.8 Å². The Labute approximate surface area is 115 Å². The lowest BCUT2D eigenvalue weighted by molar-refractivity contribution is -0.121. The fraction of sp³-hybridized carbons (Fsp3) is 0.583. The summed E-state index contributed by atoms with van der Waals surface area (Å²) in [4.78, 5) is 11.8. The van der Waals surface area contributed by atoms with Gasteiger partial charge in [-0.2, -0.15) is 5.26 Å². The van der Waals surface area contributed by atoms with Crippen LogP contribution < -0.4 is 5.32 Å². The van der Waals surface area contributed by atoms with E-state index in [1.807, 2.05) is 0 Å². The van der Waals surface area contributed by atoms with Crippen molar-refractivity contribution in [3.8, 4) is 5.40 Å². The van der Waals surface area contributed by atoms with Gasteiger partial charge in [0.05, 0.1) is 0 Å². The number of thiocyanates is 1. The average Bonchev–Trinajstić information content (AvgIpc) is 2.25. The topological polar surface area (TPSA) is 114 Å². The van der Waals surface area contributed by atoms with Gasteiger partial charge < -0.3 is 10.4 Å². The molecule has 0 spiro atoms. The van der Waals surface area contributed by atoms with E-state index in [1.54, 1.807) is 20.8 Å². The molecule has 0 aromatic rings. The molecule has 0 aliphatic heterocycles. The molecule has 0 saturated carbocycles. The number of nitriles is 1. The van der Waals surface area contributed by atoms with E-state index in [4.69, 9.17) is 10.7 Å². The number of hydrogen-bond acceptors (Lipinski definition) is 5. The van der Waals surface area contributed by atoms with Gasteiger partial charge >= 0.3 is 0 Å². The van der Waals surface area contributed by atoms with Gasteiger partial charge in [0.25, 0.3) is 0 Å². The number of nitrogens with zero attached hydrogens (tertiary/aromatic N) is 1. The van der Waals surface area contributed by atoms with E-state index in [0.717, 1.165) is 6.08 Å². The second-order valence-electron chi connectivity index (χ2n) is 5.52. The van der Waals surface area contributed by atoms with E-state index in [0.29, 0.717) is 0 Å². The lowest BCUT2D eigenvalue weighted by Crippen LogP contribution is -2.46. The Bertz CT molecular complexity index is 481. The fourth-order valence-electron chi connectivity index (χ4n) is 0.860. The van der Waals surface area contributed by atoms with Crippen LogP contribution in [0.15, 0.2) is 11.8 Å². The zero-order valence-corrected chi connectivity index (χ0v) is 12.5. The molecule has 6 nitrogen and oxygen atoms in total. The highest BCUT2D eigenvalue weighted by atomic mass is 32.2. The molecule has 0 rings (SSSR count). The SMILES string of the molecule is CC(C)(C)/C(O)=C/C(=N)NC(=O)C(C)(C)S(=O)C#N. The monoisotopic (exact) mass is 285 g/mol. The Hall–Kier alpha value is -1.68. The first-order valence-corrected chi connectivity index (χ1v) is 6.70. The Morgan fingerprint density at radius 3 is 2.21 bits per heavy atom. The molecule has 0 bridgehead atoms. The number of nitrogens with one attached hydrogen (secondary N) is 2. The maximum absolute atomic E-state index is 11.8. The Kier molecular flexibility index (Phi) is 5.45. The van der Waals surface area contributed by atoms with Gasteiger partial charge in [0.15, 0.2) is 5.40 Å². The van der Waals surface area contributed by atoms with Crippen molar-refractivity contribution in [1.29, 1.82) is 10.7 Å². The molecule has 0 aromatic heterocycles. The molecule has 0 radical (unpaired) electrons. The van der Waals surface area contributed by atoms with Crippen molar-refractivity contribution in [3.63, 3.8) is 0 Å². The second kappa shape index (κ2) is 5.97. The van der Waals surface area contributed by atoms with Crippen LogP contribution in [0.1, 0.15) is 34.6 Å². The van der Waals surface area contributed by atoms with Crippen LogP contribution in [0, 0.1) is 21.5 Å². The van der Waals surface area contributed by atoms with Crippen LogP contribution in [-0.2, 0) is 15.6 Å². The average molecular weight is 285 g/mol. The lowest BCUT2D eigenvalue weighted by atomic mass is 9.93. The third kappa shape index (κ3) is 4.83. The largest absolute Gasteiger partial charge is 0.512 e. The number of rotatable bonds is 3. The number of carbonyl (C=O) groups is 1. The van der Waals surface area contributed by atoms with Crippen LogP contribution in [0.25, 0.3) is 0 Å². The lowest BCUT2D eigenvalue weighted by Gasteiger charge is -2.20. The summed E-state index contributed by atoms with van der Waals surface area (Å²) < 4.78 is 9.97. The van der Waals surface area contributed by atoms with Crippen molar-refractivity contribution in [2.45, 2.75) is 39.4 Å². The zero-order valence-electron chi connectivity index (χ0n) is 11.7. The van der Waals surface area contributed by atoms with Crippen molar-refractivity contribution in [1.82, 2.24) is 5.32 Å². The Balaban J connectivity index is 4.92. The maximum Gasteiger partial charge on any atom is 0.244 e. The third-order valence-corrected chi connectivity index (χ3v) is 3.67. The number of aliphatic hydroxyl groups is 1. The highest BCUT2D eigenvalue weighted by Gasteiger charge is 2.35. The number of amidine groups is 1. The van der Waals surface area contributed by atoms with Gasteiger partial charge in [0.1, 0.15) is 27.1 Å². The summed E-state index contributed by atoms with van der Waals surface area (Å²) >= 11 is 0. The smallest absolute Gasteiger partial charge is 0.244 e. The molecule has 0 fully saturated rings. The molecular weight excluding hydrogens is 266 g/mol. The summed E-state index contributed by atoms with van der Waals surface area (Å²) in [6.45, 7) is 7.96. The standard InChI is InChI=1S/C12H19N3O3S/c1-11(2,3)8(16)6-9(14)15-10(17)12(4,5)19(18)7-13/h6,16H,1-5H3,(H2,14,15,17)/b8-6-. The molecular formula is C12H19N3O3S. The normalized spacial score (nSPS) is 14.4. The molecule has 0 aliphatic rings. The van der Waals surface area contributed by atoms with Gasteiger partial charge in [-0.05, 0) is 13.8 Å². The number of hydrogen-bond donors (Lipinski definition) is 3. The summed E-state index contributed by atoms with van der Waals surface area (Å²) in [5.41, 5.74) is -0.540. The van der Waals surface area contributed by atoms with E-state index in [-0.39, 0.29) is 11.6 Å². The molecule has 19 heavy (non-hydrogen) atoms. The Morgan fingerprint density at radius 1 is 1.37 bits per heavy atom. The molecule has 106 valence electrons. The van der Waals surface area contributed by atoms with Gasteiger partial charge in [-0.1, -0.05) is 20.8 Å². The van der Waals surface area contributed by atoms with E-state index in [9.17, 15) is 14.1 Å². The molecule has 0 heterocycles. The number of allylic oxidation sites excluding steroid dienone is 1. The highest BCUT2D eigenvalue weighted by molar-refractivity contribution is 7.91. The highest BCUT2D eigenvalue weighted by Crippen LogP contribution is 2.22. The van der Waals surface area contributed by atoms with Crippen molar-refractivity contribution in [2.24, 2.45) is 5.41 Å². The fourth-order valence-corrected chi connectivity index (χ4v) is 1.31. The molecule has 1 amide bonds. The minimum atomic E-state index is -2.00. The number of aliphatic hydroxyl groups excluding tert-OH is 1. The first kappa shape index (κ1) is 17.3. The van der Waals surface area contributed by atoms with E-state index < -0.39 is 26.9 Å². The molecule has 3 N–H and O–H groups in total. The molecule has 0 aromatic carbocycles. The van der Waals surface area contributed by atoms with E-state index in [1.165, 1.54) is 19.2 Å². The summed E-state index contributed by atoms with van der Waals surface area (Å²) in [7, 11) is -2.00. The van der Waals surface area contributed by atoms with Gasteiger partial charge in [-0.3, -0.25) is 10.2 Å². The summed E-state index contributed by atoms with van der Waals surface area (Å²) in [6, 6.07) is 0. The Morgan fingerprint density at radius 2 is 1.84 bits per heavy atom. The van der Waals surface area contributed by atoms with E-state index in [2.05, 4.69) is 5.32 Å². The van der Waals surface area contributed by atoms with Gasteiger partial charge in [-0.25, -0.2) is 4.21 Å². The first-order valence-electron chi connectivity index (χ1n) is 5.55. The third-order valence-electron chi connectivity index (χ3n) is 2.39. The first-order chi connectivity index (χ1) is 8.42. The quantitative estimate of drug-likeness (QED) is 0.316. The van der Waals surface area contributed by atoms with Crippen LogP contribution in [0.5, 0.6) is 0 Å². The van der Waals surface area contributed by atoms with Crippen molar-refractivity contribution >= 4 is 22.5 Å². The molecule has 0 aliphatic carbocycles. The molecule has 0 saturated heterocycles. The minimum absolute atomic E-state index is 0.0583. The second-order valence-corrected chi connectivity index (χ2v) is 7.26. The predicted octanol–water partition coefficient (Wildman–Crippen LogP) is 1.58. The zero-order chi connectivity index (χ0) is 15.4. The van der Waals surface area contributed by atoms with Gasteiger partial charge in [0, 0.05) is 11.5 Å². The molecule has 1 unspecified atom stereocenters. The van der Waals surface area contributed by atoms with Crippen molar-refractivity contribution in [3.05, 3.63) is 11.8 Å². The predicted molar refractivity (Wildman–Crippen MR) is 73.9 cm³/mol. The molecule has 7 heteroatoms. The van der Waals surface area contributed by atoms with Crippen molar-refractivity contribution < 1.29 is 14.1 Å². The molecule has 1 atom stereocenters. The van der Waals surface area contributed by atoms with Crippen LogP contribution in [0.4, 0.5) is 0 Å². The van der Waals surface area contributed by atoms with Crippen LogP contribution >= 0.6 is 0 Å². The number of amides is 1. The maximum atomic E-state index is 11.8. The van der Waals surface area contributed by atoms with Crippen LogP contribution in [0.2, 0.25) is 0 Å². The summed E-state index contributed by atoms with van der Waals surface area (Å²) in [5.74, 6) is -1.09. The minimum Gasteiger partial charge on any atom is -0.512 e. The number of carbonyl (C=O) groups excluding carboxylic acids is 1. The van der Waals surface area contributed by atoms with Gasteiger partial charge in [0.2, 0.25) is 5.91 Å². The summed E-state index contributed by atoms with van der Waals surface area (Å²) in [5, 5.41) is 29.5. The summed E-state index contributed by atoms with van der Waals surface area (Å²) in [6.07, 6.45) is 1.11. The van der Waals surface area contributed by atoms with Crippen molar-refractivity contribution in [2.75, 3.05) is 0 Å². The van der Waals surface area contributed by atoms with Crippen LogP contribution in [0.3, 0.4) is 0 Å². The van der Waals surface area contributed by atoms with E-state index >= 15 is 0 Å².